The van der Waals surface area contributed by atoms with E-state index in [0.717, 1.165) is 11.3 Å². The van der Waals surface area contributed by atoms with Gasteiger partial charge in [0.2, 0.25) is 11.9 Å². The van der Waals surface area contributed by atoms with Gasteiger partial charge >= 0.3 is 6.18 Å². The van der Waals surface area contributed by atoms with Crippen molar-refractivity contribution in [1.29, 1.82) is 0 Å². The number of anilines is 2. The summed E-state index contributed by atoms with van der Waals surface area (Å²) in [5, 5.41) is 3.12. The molecule has 1 aliphatic rings. The van der Waals surface area contributed by atoms with Gasteiger partial charge in [0, 0.05) is 55.7 Å². The second-order valence-corrected chi connectivity index (χ2v) is 9.46. The van der Waals surface area contributed by atoms with Gasteiger partial charge in [0.05, 0.1) is 16.7 Å². The summed E-state index contributed by atoms with van der Waals surface area (Å²) in [4.78, 5) is 35.4. The van der Waals surface area contributed by atoms with Crippen LogP contribution in [0.15, 0.2) is 42.9 Å². The van der Waals surface area contributed by atoms with E-state index in [2.05, 4.69) is 35.1 Å². The Kier molecular flexibility index (Phi) is 7.17. The number of H-pyrrole nitrogens is 1. The zero-order chi connectivity index (χ0) is 27.7. The van der Waals surface area contributed by atoms with E-state index in [1.807, 2.05) is 19.1 Å². The molecule has 1 saturated heterocycles. The summed E-state index contributed by atoms with van der Waals surface area (Å²) < 4.78 is 52.5. The molecule has 0 spiro atoms. The minimum atomic E-state index is -4.51. The van der Waals surface area contributed by atoms with Gasteiger partial charge in [0.25, 0.3) is 0 Å². The number of rotatable bonds is 6. The lowest BCUT2D eigenvalue weighted by atomic mass is 10.1. The van der Waals surface area contributed by atoms with Crippen molar-refractivity contribution in [3.8, 4) is 11.3 Å². The number of imidazole rings is 1. The summed E-state index contributed by atoms with van der Waals surface area (Å²) >= 11 is 0. The van der Waals surface area contributed by atoms with E-state index in [1.165, 1.54) is 17.3 Å². The molecule has 0 bridgehead atoms. The molecular formula is C26H26F4N8O. The van der Waals surface area contributed by atoms with E-state index >= 15 is 0 Å². The number of pyridine rings is 1. The number of alkyl halides is 3. The number of aromatic amines is 1. The van der Waals surface area contributed by atoms with Crippen LogP contribution in [0.3, 0.4) is 0 Å². The van der Waals surface area contributed by atoms with Gasteiger partial charge < -0.3 is 15.2 Å². The van der Waals surface area contributed by atoms with Crippen molar-refractivity contribution >= 4 is 28.7 Å². The lowest BCUT2D eigenvalue weighted by Gasteiger charge is -2.38. The summed E-state index contributed by atoms with van der Waals surface area (Å²) in [7, 11) is 0. The molecular weight excluding hydrogens is 516 g/mol. The normalized spacial score (nSPS) is 15.5. The van der Waals surface area contributed by atoms with Crippen molar-refractivity contribution in [2.45, 2.75) is 32.5 Å². The molecule has 9 nitrogen and oxygen atoms in total. The lowest BCUT2D eigenvalue weighted by Crippen LogP contribution is -2.50. The number of hydrogen-bond acceptors (Lipinski definition) is 7. The topological polar surface area (TPSA) is 103 Å². The third-order valence-corrected chi connectivity index (χ3v) is 6.73. The molecule has 1 fully saturated rings. The minimum absolute atomic E-state index is 0.0583. The average molecular weight is 543 g/mol. The van der Waals surface area contributed by atoms with Crippen molar-refractivity contribution in [2.24, 2.45) is 0 Å². The van der Waals surface area contributed by atoms with Gasteiger partial charge in [0.1, 0.15) is 24.4 Å². The number of aryl methyl sites for hydroxylation is 1. The fourth-order valence-corrected chi connectivity index (χ4v) is 4.64. The zero-order valence-corrected chi connectivity index (χ0v) is 21.3. The number of carbonyl (C=O) groups is 1. The predicted molar refractivity (Wildman–Crippen MR) is 137 cm³/mol. The van der Waals surface area contributed by atoms with Gasteiger partial charge in [-0.2, -0.15) is 13.2 Å². The van der Waals surface area contributed by atoms with E-state index in [1.54, 1.807) is 25.3 Å². The van der Waals surface area contributed by atoms with Gasteiger partial charge in [0.15, 0.2) is 0 Å². The van der Waals surface area contributed by atoms with Crippen molar-refractivity contribution in [3.05, 3.63) is 59.9 Å². The van der Waals surface area contributed by atoms with E-state index < -0.39 is 24.3 Å². The molecule has 4 aromatic rings. The highest BCUT2D eigenvalue weighted by Crippen LogP contribution is 2.29. The molecule has 5 rings (SSSR count). The summed E-state index contributed by atoms with van der Waals surface area (Å²) in [5.74, 6) is -0.431. The van der Waals surface area contributed by atoms with Crippen LogP contribution in [0.1, 0.15) is 30.6 Å². The van der Waals surface area contributed by atoms with E-state index in [9.17, 15) is 22.4 Å². The van der Waals surface area contributed by atoms with Crippen molar-refractivity contribution in [1.82, 2.24) is 34.7 Å². The number of piperazine rings is 1. The van der Waals surface area contributed by atoms with Crippen LogP contribution >= 0.6 is 0 Å². The van der Waals surface area contributed by atoms with Crippen LogP contribution in [0.25, 0.3) is 22.3 Å². The Morgan fingerprint density at radius 3 is 2.59 bits per heavy atom. The molecule has 4 heterocycles. The van der Waals surface area contributed by atoms with Crippen LogP contribution < -0.4 is 5.32 Å². The smallest absolute Gasteiger partial charge is 0.340 e. The Balaban J connectivity index is 1.27. The first-order valence-electron chi connectivity index (χ1n) is 12.4. The van der Waals surface area contributed by atoms with E-state index in [-0.39, 0.29) is 19.1 Å². The molecule has 1 aliphatic heterocycles. The number of nitrogens with zero attached hydrogens (tertiary/aromatic N) is 6. The maximum absolute atomic E-state index is 14.8. The van der Waals surface area contributed by atoms with Gasteiger partial charge in [-0.3, -0.25) is 9.69 Å². The summed E-state index contributed by atoms with van der Waals surface area (Å²) in [6.07, 6.45) is -2.90. The molecule has 3 aromatic heterocycles. The lowest BCUT2D eigenvalue weighted by molar-refractivity contribution is -0.162. The number of halogens is 4. The van der Waals surface area contributed by atoms with Crippen molar-refractivity contribution < 1.29 is 22.4 Å². The first-order chi connectivity index (χ1) is 18.6. The van der Waals surface area contributed by atoms with E-state index in [0.29, 0.717) is 47.1 Å². The standard InChI is InChI=1S/C26H26F4N8O/c1-15-9-20(33-14-32-15)18-11-21-22(12-19(18)27)35-25(34-21)36-23-10-17(3-4-31-23)16(2)37-5-7-38(8-6-37)24(39)13-26(28,29)30/h3-4,9-12,14,16H,5-8,13H2,1-2H3,(H2,31,34,35,36). The fraction of sp³-hybridized carbons (Fsp3) is 0.346. The molecule has 0 aliphatic carbocycles. The van der Waals surface area contributed by atoms with Crippen molar-refractivity contribution in [3.63, 3.8) is 0 Å². The van der Waals surface area contributed by atoms with Crippen LogP contribution in [-0.4, -0.2) is 73.0 Å². The molecule has 1 atom stereocenters. The highest BCUT2D eigenvalue weighted by atomic mass is 19.4. The second-order valence-electron chi connectivity index (χ2n) is 9.46. The number of aromatic nitrogens is 5. The highest BCUT2D eigenvalue weighted by molar-refractivity contribution is 5.83. The molecule has 1 unspecified atom stereocenters. The van der Waals surface area contributed by atoms with E-state index in [4.69, 9.17) is 0 Å². The summed E-state index contributed by atoms with van der Waals surface area (Å²) in [6, 6.07) is 8.35. The molecule has 39 heavy (non-hydrogen) atoms. The zero-order valence-electron chi connectivity index (χ0n) is 21.3. The number of hydrogen-bond donors (Lipinski definition) is 2. The van der Waals surface area contributed by atoms with Gasteiger partial charge in [-0.05, 0) is 43.7 Å². The summed E-state index contributed by atoms with van der Waals surface area (Å²) in [5.41, 5.74) is 3.50. The van der Waals surface area contributed by atoms with Crippen LogP contribution in [0.5, 0.6) is 0 Å². The maximum atomic E-state index is 14.8. The number of nitrogens with one attached hydrogen (secondary N) is 2. The quantitative estimate of drug-likeness (QED) is 0.339. The number of amides is 1. The monoisotopic (exact) mass is 542 g/mol. The second kappa shape index (κ2) is 10.6. The Bertz CT molecular complexity index is 1500. The molecule has 1 aromatic carbocycles. The number of fused-ring (bicyclic) bond motifs is 1. The van der Waals surface area contributed by atoms with Crippen LogP contribution in [0.4, 0.5) is 29.3 Å². The minimum Gasteiger partial charge on any atom is -0.340 e. The van der Waals surface area contributed by atoms with Gasteiger partial charge in [-0.1, -0.05) is 0 Å². The maximum Gasteiger partial charge on any atom is 0.397 e. The Hall–Kier alpha value is -4.13. The third-order valence-electron chi connectivity index (χ3n) is 6.73. The number of benzene rings is 1. The molecule has 13 heteroatoms. The fourth-order valence-electron chi connectivity index (χ4n) is 4.64. The molecule has 2 N–H and O–H groups in total. The Morgan fingerprint density at radius 1 is 1.10 bits per heavy atom. The molecule has 0 radical (unpaired) electrons. The van der Waals surface area contributed by atoms with Gasteiger partial charge in [-0.15, -0.1) is 0 Å². The van der Waals surface area contributed by atoms with Crippen LogP contribution in [0.2, 0.25) is 0 Å². The first kappa shape index (κ1) is 26.5. The van der Waals surface area contributed by atoms with Crippen molar-refractivity contribution in [2.75, 3.05) is 31.5 Å². The molecule has 204 valence electrons. The highest BCUT2D eigenvalue weighted by Gasteiger charge is 2.35. The largest absolute Gasteiger partial charge is 0.397 e. The predicted octanol–water partition coefficient (Wildman–Crippen LogP) is 4.76. The summed E-state index contributed by atoms with van der Waals surface area (Å²) in [6.45, 7) is 5.19. The Labute approximate surface area is 221 Å². The molecule has 0 saturated carbocycles. The SMILES string of the molecule is Cc1cc(-c2cc3nc(Nc4cc(C(C)N5CCN(C(=O)CC(F)(F)F)CC5)ccn4)[nH]c3cc2F)ncn1. The first-order valence-corrected chi connectivity index (χ1v) is 12.4. The van der Waals surface area contributed by atoms with Crippen LogP contribution in [-0.2, 0) is 4.79 Å². The number of carbonyl (C=O) groups excluding carboxylic acids is 1. The average Bonchev–Trinajstić information content (AvgIpc) is 3.27. The van der Waals surface area contributed by atoms with Gasteiger partial charge in [-0.25, -0.2) is 24.3 Å². The molecule has 1 amide bonds. The Morgan fingerprint density at radius 2 is 1.87 bits per heavy atom. The third kappa shape index (κ3) is 6.14. The van der Waals surface area contributed by atoms with Crippen LogP contribution in [0, 0.1) is 12.7 Å².